The Bertz CT molecular complexity index is 473. The number of halogens is 1. The van der Waals surface area contributed by atoms with Crippen LogP contribution in [-0.4, -0.2) is 10.9 Å². The molecule has 0 unspecified atom stereocenters. The van der Waals surface area contributed by atoms with Gasteiger partial charge >= 0.3 is 0 Å². The highest BCUT2D eigenvalue weighted by Gasteiger charge is 2.10. The van der Waals surface area contributed by atoms with Crippen molar-refractivity contribution in [2.45, 2.75) is 0 Å². The van der Waals surface area contributed by atoms with Crippen LogP contribution in [0.2, 0.25) is 5.15 Å². The number of carbonyl (C=O) groups excluding carboxylic acids is 1. The Labute approximate surface area is 80.7 Å². The summed E-state index contributed by atoms with van der Waals surface area (Å²) in [5.74, 6) is 0. The Morgan fingerprint density at radius 3 is 2.54 bits per heavy atom. The molecule has 1 aromatic carbocycles. The van der Waals surface area contributed by atoms with E-state index < -0.39 is 0 Å². The molecule has 0 aliphatic rings. The van der Waals surface area contributed by atoms with Crippen LogP contribution in [0.5, 0.6) is 0 Å². The van der Waals surface area contributed by atoms with Crippen LogP contribution in [0.15, 0.2) is 24.3 Å². The van der Waals surface area contributed by atoms with Gasteiger partial charge in [-0.05, 0) is 0 Å². The van der Waals surface area contributed by atoms with Crippen molar-refractivity contribution in [3.63, 3.8) is 0 Å². The maximum Gasteiger partial charge on any atom is 0.167 e. The van der Waals surface area contributed by atoms with E-state index in [-0.39, 0.29) is 0 Å². The van der Waals surface area contributed by atoms with E-state index in [0.29, 0.717) is 10.8 Å². The van der Waals surface area contributed by atoms with Gasteiger partial charge in [-0.15, -0.1) is 0 Å². The molecule has 2 rings (SSSR count). The molecule has 1 aromatic heterocycles. The average molecular weight is 194 g/mol. The maximum absolute atomic E-state index is 10.8. The highest BCUT2D eigenvalue weighted by molar-refractivity contribution is 6.35. The van der Waals surface area contributed by atoms with E-state index in [0.717, 1.165) is 17.1 Å². The number of aldehydes is 1. The summed E-state index contributed by atoms with van der Waals surface area (Å²) in [6, 6.07) is 7.60. The van der Waals surface area contributed by atoms with Crippen LogP contribution >= 0.6 is 11.6 Å². The van der Waals surface area contributed by atoms with Gasteiger partial charge in [-0.1, -0.05) is 35.9 Å². The van der Waals surface area contributed by atoms with Crippen LogP contribution in [0.4, 0.5) is 0 Å². The van der Waals surface area contributed by atoms with Crippen LogP contribution in [0.25, 0.3) is 10.8 Å². The summed E-state index contributed by atoms with van der Waals surface area (Å²) in [6.07, 6.45) is 0.828. The van der Waals surface area contributed by atoms with E-state index in [1.807, 2.05) is 24.3 Å². The third-order valence-corrected chi connectivity index (χ3v) is 2.65. The zero-order valence-corrected chi connectivity index (χ0v) is 7.88. The Morgan fingerprint density at radius 1 is 1.31 bits per heavy atom. The summed E-state index contributed by atoms with van der Waals surface area (Å²) in [6.45, 7) is 0. The standard InChI is InChI=1S/C10H8ClNO/c1-12-9(6-13)7-4-2-3-5-8(7)10(12)11/h2-6H,1H3. The first-order valence-electron chi connectivity index (χ1n) is 3.94. The van der Waals surface area contributed by atoms with Crippen molar-refractivity contribution >= 4 is 28.7 Å². The molecule has 0 aliphatic carbocycles. The van der Waals surface area contributed by atoms with E-state index in [2.05, 4.69) is 0 Å². The minimum absolute atomic E-state index is 0.609. The molecule has 0 saturated heterocycles. The highest BCUT2D eigenvalue weighted by Crippen LogP contribution is 2.27. The van der Waals surface area contributed by atoms with Crippen molar-refractivity contribution in [1.29, 1.82) is 0 Å². The lowest BCUT2D eigenvalue weighted by Gasteiger charge is -1.94. The molecule has 1 heterocycles. The molecular formula is C10H8ClNO. The Kier molecular flexibility index (Phi) is 1.85. The number of hydrogen-bond donors (Lipinski definition) is 0. The lowest BCUT2D eigenvalue weighted by Crippen LogP contribution is -1.93. The van der Waals surface area contributed by atoms with Gasteiger partial charge in [0.05, 0.1) is 5.69 Å². The molecule has 0 N–H and O–H groups in total. The first kappa shape index (κ1) is 8.32. The molecule has 66 valence electrons. The fraction of sp³-hybridized carbons (Fsp3) is 0.100. The van der Waals surface area contributed by atoms with Crippen molar-refractivity contribution < 1.29 is 4.79 Å². The molecule has 0 radical (unpaired) electrons. The monoisotopic (exact) mass is 193 g/mol. The Morgan fingerprint density at radius 2 is 1.92 bits per heavy atom. The molecule has 0 bridgehead atoms. The van der Waals surface area contributed by atoms with Crippen molar-refractivity contribution in [1.82, 2.24) is 4.57 Å². The largest absolute Gasteiger partial charge is 0.332 e. The molecule has 0 amide bonds. The van der Waals surface area contributed by atoms with Gasteiger partial charge in [0.15, 0.2) is 6.29 Å². The number of hydrogen-bond acceptors (Lipinski definition) is 1. The number of fused-ring (bicyclic) bond motifs is 1. The predicted molar refractivity (Wildman–Crippen MR) is 53.3 cm³/mol. The zero-order chi connectivity index (χ0) is 9.42. The van der Waals surface area contributed by atoms with Crippen LogP contribution in [-0.2, 0) is 7.05 Å². The second-order valence-corrected chi connectivity index (χ2v) is 3.26. The second-order valence-electron chi connectivity index (χ2n) is 2.90. The molecule has 0 aliphatic heterocycles. The smallest absolute Gasteiger partial charge is 0.167 e. The quantitative estimate of drug-likeness (QED) is 0.639. The number of rotatable bonds is 1. The third-order valence-electron chi connectivity index (χ3n) is 2.19. The summed E-state index contributed by atoms with van der Waals surface area (Å²) in [4.78, 5) is 10.8. The van der Waals surface area contributed by atoms with Gasteiger partial charge in [0, 0.05) is 17.8 Å². The highest BCUT2D eigenvalue weighted by atomic mass is 35.5. The van der Waals surface area contributed by atoms with E-state index in [1.54, 1.807) is 11.6 Å². The summed E-state index contributed by atoms with van der Waals surface area (Å²) in [5, 5.41) is 2.44. The SMILES string of the molecule is Cn1c(Cl)c2ccccc2c1C=O. The lowest BCUT2D eigenvalue weighted by molar-refractivity contribution is 0.111. The van der Waals surface area contributed by atoms with Gasteiger partial charge in [-0.2, -0.15) is 0 Å². The van der Waals surface area contributed by atoms with Gasteiger partial charge in [0.1, 0.15) is 5.15 Å². The van der Waals surface area contributed by atoms with E-state index in [4.69, 9.17) is 11.6 Å². The van der Waals surface area contributed by atoms with Crippen LogP contribution in [0, 0.1) is 0 Å². The normalized spacial score (nSPS) is 10.6. The Balaban J connectivity index is 2.98. The Hall–Kier alpha value is -1.28. The number of carbonyl (C=O) groups is 1. The van der Waals surface area contributed by atoms with Gasteiger partial charge in [-0.25, -0.2) is 0 Å². The third kappa shape index (κ3) is 1.06. The van der Waals surface area contributed by atoms with Crippen LogP contribution < -0.4 is 0 Å². The minimum atomic E-state index is 0.609. The molecule has 3 heteroatoms. The van der Waals surface area contributed by atoms with Gasteiger partial charge in [-0.3, -0.25) is 4.79 Å². The topological polar surface area (TPSA) is 22.0 Å². The molecule has 2 nitrogen and oxygen atoms in total. The van der Waals surface area contributed by atoms with Crippen molar-refractivity contribution in [3.8, 4) is 0 Å². The summed E-state index contributed by atoms with van der Waals surface area (Å²) < 4.78 is 1.69. The second kappa shape index (κ2) is 2.89. The number of benzene rings is 1. The van der Waals surface area contributed by atoms with E-state index in [9.17, 15) is 4.79 Å². The molecule has 0 fully saturated rings. The summed E-state index contributed by atoms with van der Waals surface area (Å²) >= 11 is 6.03. The first-order chi connectivity index (χ1) is 6.25. The van der Waals surface area contributed by atoms with Crippen LogP contribution in [0.3, 0.4) is 0 Å². The molecule has 0 saturated carbocycles. The summed E-state index contributed by atoms with van der Waals surface area (Å²) in [5.41, 5.74) is 0.626. The van der Waals surface area contributed by atoms with Gasteiger partial charge in [0.25, 0.3) is 0 Å². The maximum atomic E-state index is 10.8. The predicted octanol–water partition coefficient (Wildman–Crippen LogP) is 2.64. The molecule has 0 spiro atoms. The van der Waals surface area contributed by atoms with Crippen LogP contribution in [0.1, 0.15) is 10.5 Å². The average Bonchev–Trinajstić information content (AvgIpc) is 2.41. The fourth-order valence-electron chi connectivity index (χ4n) is 1.50. The van der Waals surface area contributed by atoms with Crippen molar-refractivity contribution in [2.75, 3.05) is 0 Å². The van der Waals surface area contributed by atoms with Gasteiger partial charge in [0.2, 0.25) is 0 Å². The summed E-state index contributed by atoms with van der Waals surface area (Å²) in [7, 11) is 1.78. The zero-order valence-electron chi connectivity index (χ0n) is 7.12. The lowest BCUT2D eigenvalue weighted by atomic mass is 10.2. The van der Waals surface area contributed by atoms with Crippen molar-refractivity contribution in [3.05, 3.63) is 35.1 Å². The first-order valence-corrected chi connectivity index (χ1v) is 4.31. The molecule has 13 heavy (non-hydrogen) atoms. The number of nitrogens with zero attached hydrogens (tertiary/aromatic N) is 1. The minimum Gasteiger partial charge on any atom is -0.332 e. The van der Waals surface area contributed by atoms with Gasteiger partial charge < -0.3 is 4.57 Å². The fourth-order valence-corrected chi connectivity index (χ4v) is 1.75. The van der Waals surface area contributed by atoms with E-state index >= 15 is 0 Å². The van der Waals surface area contributed by atoms with E-state index in [1.165, 1.54) is 0 Å². The molecule has 0 atom stereocenters. The molecule has 2 aromatic rings. The van der Waals surface area contributed by atoms with Crippen molar-refractivity contribution in [2.24, 2.45) is 7.05 Å². The molecular weight excluding hydrogens is 186 g/mol. The number of aromatic nitrogens is 1.